The van der Waals surface area contributed by atoms with Crippen molar-refractivity contribution in [2.75, 3.05) is 19.8 Å². The van der Waals surface area contributed by atoms with Gasteiger partial charge in [0.1, 0.15) is 0 Å². The zero-order valence-corrected chi connectivity index (χ0v) is 7.23. The van der Waals surface area contributed by atoms with E-state index in [-0.39, 0.29) is 6.61 Å². The number of hydrogen-bond acceptors (Lipinski definition) is 2. The minimum atomic E-state index is -4.22. The summed E-state index contributed by atoms with van der Waals surface area (Å²) in [6, 6.07) is 0. The van der Waals surface area contributed by atoms with Gasteiger partial charge in [0.25, 0.3) is 0 Å². The number of aliphatic hydroxyl groups is 1. The largest absolute Gasteiger partial charge is 0.396 e. The molecule has 1 atom stereocenters. The van der Waals surface area contributed by atoms with Crippen LogP contribution < -0.4 is 0 Å². The van der Waals surface area contributed by atoms with Gasteiger partial charge in [-0.1, -0.05) is 0 Å². The molecule has 0 aromatic rings. The van der Waals surface area contributed by atoms with E-state index in [0.717, 1.165) is 0 Å². The van der Waals surface area contributed by atoms with Crippen LogP contribution in [0.5, 0.6) is 0 Å². The Morgan fingerprint density at radius 3 is 2.46 bits per heavy atom. The average molecular weight is 198 g/mol. The Hall–Kier alpha value is -0.290. The van der Waals surface area contributed by atoms with Gasteiger partial charge in [-0.15, -0.1) is 0 Å². The average Bonchev–Trinajstić information content (AvgIpc) is 2.03. The van der Waals surface area contributed by atoms with Gasteiger partial charge in [0.2, 0.25) is 0 Å². The molecule has 1 saturated heterocycles. The van der Waals surface area contributed by atoms with Crippen molar-refractivity contribution in [3.63, 3.8) is 0 Å². The highest BCUT2D eigenvalue weighted by Crippen LogP contribution is 2.39. The minimum Gasteiger partial charge on any atom is -0.396 e. The molecule has 1 aliphatic rings. The first-order valence-corrected chi connectivity index (χ1v) is 4.23. The van der Waals surface area contributed by atoms with Crippen LogP contribution in [0.15, 0.2) is 0 Å². The molecule has 1 aliphatic heterocycles. The van der Waals surface area contributed by atoms with Crippen molar-refractivity contribution in [2.24, 2.45) is 5.41 Å². The molecule has 0 amide bonds. The Labute approximate surface area is 74.7 Å². The third kappa shape index (κ3) is 3.15. The quantitative estimate of drug-likeness (QED) is 0.732. The van der Waals surface area contributed by atoms with E-state index in [9.17, 15) is 13.2 Å². The molecule has 0 aliphatic carbocycles. The van der Waals surface area contributed by atoms with Crippen molar-refractivity contribution in [3.8, 4) is 0 Å². The molecule has 0 radical (unpaired) electrons. The van der Waals surface area contributed by atoms with Crippen LogP contribution in [0.4, 0.5) is 13.2 Å². The molecule has 2 nitrogen and oxygen atoms in total. The van der Waals surface area contributed by atoms with Crippen LogP contribution in [0.2, 0.25) is 0 Å². The van der Waals surface area contributed by atoms with Gasteiger partial charge in [0, 0.05) is 12.0 Å². The van der Waals surface area contributed by atoms with E-state index in [1.807, 2.05) is 0 Å². The van der Waals surface area contributed by atoms with Crippen molar-refractivity contribution in [1.29, 1.82) is 0 Å². The van der Waals surface area contributed by atoms with Gasteiger partial charge in [-0.25, -0.2) is 0 Å². The van der Waals surface area contributed by atoms with E-state index in [4.69, 9.17) is 9.84 Å². The summed E-state index contributed by atoms with van der Waals surface area (Å²) < 4.78 is 41.3. The van der Waals surface area contributed by atoms with E-state index in [0.29, 0.717) is 19.4 Å². The van der Waals surface area contributed by atoms with E-state index in [1.165, 1.54) is 0 Å². The van der Waals surface area contributed by atoms with Crippen molar-refractivity contribution < 1.29 is 23.0 Å². The Kier molecular flexibility index (Phi) is 3.18. The molecule has 0 spiro atoms. The van der Waals surface area contributed by atoms with Gasteiger partial charge < -0.3 is 9.84 Å². The van der Waals surface area contributed by atoms with E-state index >= 15 is 0 Å². The second-order valence-electron chi connectivity index (χ2n) is 3.61. The molecular weight excluding hydrogens is 185 g/mol. The third-order valence-electron chi connectivity index (χ3n) is 2.31. The Morgan fingerprint density at radius 2 is 2.08 bits per heavy atom. The number of rotatable bonds is 2. The lowest BCUT2D eigenvalue weighted by molar-refractivity contribution is -0.181. The molecule has 0 bridgehead atoms. The molecule has 5 heteroatoms. The van der Waals surface area contributed by atoms with Crippen molar-refractivity contribution >= 4 is 0 Å². The number of ether oxygens (including phenoxy) is 1. The lowest BCUT2D eigenvalue weighted by Gasteiger charge is -2.35. The minimum absolute atomic E-state index is 0.0169. The number of aliphatic hydroxyl groups excluding tert-OH is 1. The molecule has 1 heterocycles. The maximum absolute atomic E-state index is 12.1. The third-order valence-corrected chi connectivity index (χ3v) is 2.31. The first-order valence-electron chi connectivity index (χ1n) is 4.23. The molecule has 0 aromatic heterocycles. The summed E-state index contributed by atoms with van der Waals surface area (Å²) in [6.07, 6.45) is -4.18. The van der Waals surface area contributed by atoms with Crippen molar-refractivity contribution in [1.82, 2.24) is 0 Å². The standard InChI is InChI=1S/C8H13F3O2/c9-8(10,11)4-7(5-12)2-1-3-13-6-7/h12H,1-6H2. The van der Waals surface area contributed by atoms with Crippen LogP contribution in [0, 0.1) is 5.41 Å². The zero-order valence-electron chi connectivity index (χ0n) is 7.23. The summed E-state index contributed by atoms with van der Waals surface area (Å²) >= 11 is 0. The summed E-state index contributed by atoms with van der Waals surface area (Å²) in [6.45, 7) is 0.0646. The summed E-state index contributed by atoms with van der Waals surface area (Å²) in [5.41, 5.74) is -1.09. The molecule has 1 unspecified atom stereocenters. The lowest BCUT2D eigenvalue weighted by Crippen LogP contribution is -2.39. The monoisotopic (exact) mass is 198 g/mol. The Balaban J connectivity index is 2.57. The first kappa shape index (κ1) is 10.8. The molecule has 1 rings (SSSR count). The molecule has 1 fully saturated rings. The maximum Gasteiger partial charge on any atom is 0.389 e. The number of halogens is 3. The van der Waals surface area contributed by atoms with Gasteiger partial charge in [-0.05, 0) is 12.8 Å². The zero-order chi connectivity index (χ0) is 9.95. The number of alkyl halides is 3. The van der Waals surface area contributed by atoms with Crippen LogP contribution >= 0.6 is 0 Å². The normalized spacial score (nSPS) is 30.5. The van der Waals surface area contributed by atoms with Gasteiger partial charge in [-0.2, -0.15) is 13.2 Å². The molecule has 1 N–H and O–H groups in total. The highest BCUT2D eigenvalue weighted by Gasteiger charge is 2.43. The Bertz CT molecular complexity index is 161. The molecule has 13 heavy (non-hydrogen) atoms. The fraction of sp³-hybridized carbons (Fsp3) is 1.00. The van der Waals surface area contributed by atoms with Crippen molar-refractivity contribution in [2.45, 2.75) is 25.4 Å². The van der Waals surface area contributed by atoms with Crippen LogP contribution in [0.3, 0.4) is 0 Å². The van der Waals surface area contributed by atoms with Gasteiger partial charge in [0.15, 0.2) is 0 Å². The fourth-order valence-electron chi connectivity index (χ4n) is 1.66. The second kappa shape index (κ2) is 3.84. The molecule has 0 saturated carbocycles. The summed E-state index contributed by atoms with van der Waals surface area (Å²) in [5, 5.41) is 8.92. The van der Waals surface area contributed by atoms with Gasteiger partial charge in [0.05, 0.1) is 19.6 Å². The predicted molar refractivity (Wildman–Crippen MR) is 40.2 cm³/mol. The van der Waals surface area contributed by atoms with Crippen LogP contribution in [0.25, 0.3) is 0 Å². The lowest BCUT2D eigenvalue weighted by atomic mass is 9.80. The highest BCUT2D eigenvalue weighted by atomic mass is 19.4. The SMILES string of the molecule is OCC1(CC(F)(F)F)CCCOC1. The predicted octanol–water partition coefficient (Wildman–Crippen LogP) is 1.73. The second-order valence-corrected chi connectivity index (χ2v) is 3.61. The summed E-state index contributed by atoms with van der Waals surface area (Å²) in [4.78, 5) is 0. The van der Waals surface area contributed by atoms with Crippen LogP contribution in [-0.4, -0.2) is 31.1 Å². The van der Waals surface area contributed by atoms with Crippen molar-refractivity contribution in [3.05, 3.63) is 0 Å². The highest BCUT2D eigenvalue weighted by molar-refractivity contribution is 4.83. The fourth-order valence-corrected chi connectivity index (χ4v) is 1.66. The Morgan fingerprint density at radius 1 is 1.38 bits per heavy atom. The van der Waals surface area contributed by atoms with E-state index in [1.54, 1.807) is 0 Å². The molecule has 78 valence electrons. The summed E-state index contributed by atoms with van der Waals surface area (Å²) in [5.74, 6) is 0. The van der Waals surface area contributed by atoms with Crippen LogP contribution in [0.1, 0.15) is 19.3 Å². The van der Waals surface area contributed by atoms with Crippen LogP contribution in [-0.2, 0) is 4.74 Å². The molecule has 0 aromatic carbocycles. The maximum atomic E-state index is 12.1. The first-order chi connectivity index (χ1) is 5.97. The van der Waals surface area contributed by atoms with E-state index < -0.39 is 24.6 Å². The number of hydrogen-bond donors (Lipinski definition) is 1. The van der Waals surface area contributed by atoms with E-state index in [2.05, 4.69) is 0 Å². The molecular formula is C8H13F3O2. The van der Waals surface area contributed by atoms with Gasteiger partial charge in [-0.3, -0.25) is 0 Å². The van der Waals surface area contributed by atoms with Gasteiger partial charge >= 0.3 is 6.18 Å². The topological polar surface area (TPSA) is 29.5 Å². The smallest absolute Gasteiger partial charge is 0.389 e. The summed E-state index contributed by atoms with van der Waals surface area (Å²) in [7, 11) is 0.